The van der Waals surface area contributed by atoms with Gasteiger partial charge in [0.25, 0.3) is 0 Å². The lowest BCUT2D eigenvalue weighted by molar-refractivity contribution is -0.148. The van der Waals surface area contributed by atoms with Crippen LogP contribution in [0.15, 0.2) is 6.07 Å². The van der Waals surface area contributed by atoms with Crippen molar-refractivity contribution in [2.24, 2.45) is 0 Å². The molecular formula is C11H15F4N3O. The molecule has 0 atom stereocenters. The van der Waals surface area contributed by atoms with Crippen molar-refractivity contribution in [3.05, 3.63) is 11.8 Å². The molecule has 0 aliphatic rings. The van der Waals surface area contributed by atoms with Gasteiger partial charge in [-0.2, -0.15) is 13.8 Å². The number of nitrogens with one attached hydrogen (secondary N) is 1. The van der Waals surface area contributed by atoms with E-state index in [0.29, 0.717) is 12.2 Å². The van der Waals surface area contributed by atoms with E-state index < -0.39 is 19.0 Å². The van der Waals surface area contributed by atoms with Crippen molar-refractivity contribution in [3.8, 4) is 5.88 Å². The molecule has 4 nitrogen and oxygen atoms in total. The molecule has 1 heterocycles. The second kappa shape index (κ2) is 6.53. The van der Waals surface area contributed by atoms with Crippen molar-refractivity contribution >= 4 is 5.95 Å². The minimum absolute atomic E-state index is 0.161. The molecule has 108 valence electrons. The summed E-state index contributed by atoms with van der Waals surface area (Å²) in [6.07, 6.45) is -2.94. The van der Waals surface area contributed by atoms with Crippen LogP contribution in [0.2, 0.25) is 0 Å². The number of halogens is 4. The Morgan fingerprint density at radius 1 is 1.37 bits per heavy atom. The fourth-order valence-corrected chi connectivity index (χ4v) is 1.16. The Balaban J connectivity index is 2.70. The molecule has 0 unspecified atom stereocenters. The molecule has 1 rings (SSSR count). The first-order valence-corrected chi connectivity index (χ1v) is 5.73. The van der Waals surface area contributed by atoms with Crippen molar-refractivity contribution in [2.45, 2.75) is 32.6 Å². The molecule has 0 aliphatic heterocycles. The van der Waals surface area contributed by atoms with Gasteiger partial charge in [-0.25, -0.2) is 13.8 Å². The van der Waals surface area contributed by atoms with E-state index in [-0.39, 0.29) is 11.8 Å². The Morgan fingerprint density at radius 2 is 2.05 bits per heavy atom. The number of anilines is 1. The molecule has 0 saturated carbocycles. The zero-order valence-electron chi connectivity index (χ0n) is 10.6. The lowest BCUT2D eigenvalue weighted by atomic mass is 10.4. The molecule has 0 amide bonds. The number of aromatic nitrogens is 2. The molecule has 8 heteroatoms. The summed E-state index contributed by atoms with van der Waals surface area (Å²) >= 11 is 0. The van der Waals surface area contributed by atoms with Crippen LogP contribution in [0.3, 0.4) is 0 Å². The second-order valence-electron chi connectivity index (χ2n) is 3.95. The van der Waals surface area contributed by atoms with Gasteiger partial charge < -0.3 is 10.1 Å². The van der Waals surface area contributed by atoms with Crippen LogP contribution in [0.25, 0.3) is 0 Å². The van der Waals surface area contributed by atoms with Crippen molar-refractivity contribution in [2.75, 3.05) is 18.5 Å². The van der Waals surface area contributed by atoms with E-state index in [1.54, 1.807) is 6.92 Å². The number of rotatable bonds is 7. The fraction of sp³-hybridized carbons (Fsp3) is 0.636. The molecule has 1 aromatic heterocycles. The zero-order chi connectivity index (χ0) is 14.5. The average Bonchev–Trinajstić information content (AvgIpc) is 2.33. The van der Waals surface area contributed by atoms with Crippen LogP contribution in [0, 0.1) is 6.92 Å². The molecule has 0 radical (unpaired) electrons. The average molecular weight is 281 g/mol. The smallest absolute Gasteiger partial charge is 0.340 e. The van der Waals surface area contributed by atoms with Gasteiger partial charge in [0.2, 0.25) is 11.8 Å². The third kappa shape index (κ3) is 4.88. The fourth-order valence-electron chi connectivity index (χ4n) is 1.16. The van der Waals surface area contributed by atoms with Crippen molar-refractivity contribution < 1.29 is 22.3 Å². The van der Waals surface area contributed by atoms with Gasteiger partial charge in [-0.05, 0) is 13.3 Å². The molecule has 0 fully saturated rings. The summed E-state index contributed by atoms with van der Waals surface area (Å²) in [4.78, 5) is 7.82. The third-order valence-electron chi connectivity index (χ3n) is 2.10. The van der Waals surface area contributed by atoms with Crippen LogP contribution < -0.4 is 10.1 Å². The highest BCUT2D eigenvalue weighted by atomic mass is 19.3. The maximum atomic E-state index is 12.7. The summed E-state index contributed by atoms with van der Waals surface area (Å²) in [6, 6.07) is 1.30. The summed E-state index contributed by atoms with van der Waals surface area (Å²) in [5.74, 6) is -4.14. The second-order valence-corrected chi connectivity index (χ2v) is 3.95. The molecule has 0 bridgehead atoms. The number of hydrogen-bond acceptors (Lipinski definition) is 4. The molecule has 0 aromatic carbocycles. The van der Waals surface area contributed by atoms with Gasteiger partial charge in [0.1, 0.15) is 0 Å². The van der Waals surface area contributed by atoms with E-state index in [1.807, 2.05) is 6.92 Å². The summed E-state index contributed by atoms with van der Waals surface area (Å²) in [7, 11) is 0. The summed E-state index contributed by atoms with van der Waals surface area (Å²) in [5.41, 5.74) is 0.490. The van der Waals surface area contributed by atoms with E-state index >= 15 is 0 Å². The maximum Gasteiger partial charge on any atom is 0.340 e. The zero-order valence-corrected chi connectivity index (χ0v) is 10.6. The predicted molar refractivity (Wildman–Crippen MR) is 62.0 cm³/mol. The number of hydrogen-bond donors (Lipinski definition) is 1. The van der Waals surface area contributed by atoms with Crippen LogP contribution in [0.5, 0.6) is 5.88 Å². The Labute approximate surface area is 108 Å². The largest absolute Gasteiger partial charge is 0.471 e. The summed E-state index contributed by atoms with van der Waals surface area (Å²) in [5, 5.41) is 2.86. The first-order valence-electron chi connectivity index (χ1n) is 5.73. The van der Waals surface area contributed by atoms with Gasteiger partial charge in [-0.15, -0.1) is 0 Å². The quantitative estimate of drug-likeness (QED) is 0.781. The Kier molecular flexibility index (Phi) is 5.31. The van der Waals surface area contributed by atoms with Crippen LogP contribution in [-0.4, -0.2) is 35.5 Å². The lowest BCUT2D eigenvalue weighted by Gasteiger charge is -2.16. The van der Waals surface area contributed by atoms with E-state index in [2.05, 4.69) is 20.0 Å². The van der Waals surface area contributed by atoms with Crippen molar-refractivity contribution in [3.63, 3.8) is 0 Å². The van der Waals surface area contributed by atoms with Crippen molar-refractivity contribution in [1.82, 2.24) is 9.97 Å². The van der Waals surface area contributed by atoms with Crippen LogP contribution in [-0.2, 0) is 0 Å². The molecule has 0 saturated heterocycles. The first kappa shape index (κ1) is 15.5. The number of aryl methyl sites for hydroxylation is 1. The Morgan fingerprint density at radius 3 is 2.63 bits per heavy atom. The molecule has 0 spiro atoms. The van der Waals surface area contributed by atoms with E-state index in [4.69, 9.17) is 0 Å². The van der Waals surface area contributed by atoms with Crippen molar-refractivity contribution in [1.29, 1.82) is 0 Å². The summed E-state index contributed by atoms with van der Waals surface area (Å²) < 4.78 is 53.9. The highest BCUT2D eigenvalue weighted by Crippen LogP contribution is 2.24. The molecule has 1 N–H and O–H groups in total. The number of nitrogens with zero attached hydrogens (tertiary/aromatic N) is 2. The SMILES string of the molecule is CCCNc1nc(C)cc(OCC(F)(F)C(F)F)n1. The van der Waals surface area contributed by atoms with E-state index in [0.717, 1.165) is 6.42 Å². The van der Waals surface area contributed by atoms with E-state index in [9.17, 15) is 17.6 Å². The third-order valence-corrected chi connectivity index (χ3v) is 2.10. The number of ether oxygens (including phenoxy) is 1. The topological polar surface area (TPSA) is 47.0 Å². The highest BCUT2D eigenvalue weighted by Gasteiger charge is 2.41. The molecular weight excluding hydrogens is 266 g/mol. The summed E-state index contributed by atoms with van der Waals surface area (Å²) in [6.45, 7) is 2.74. The van der Waals surface area contributed by atoms with Gasteiger partial charge in [-0.3, -0.25) is 0 Å². The highest BCUT2D eigenvalue weighted by molar-refractivity contribution is 5.30. The lowest BCUT2D eigenvalue weighted by Crippen LogP contribution is -2.34. The van der Waals surface area contributed by atoms with Gasteiger partial charge in [0.15, 0.2) is 6.61 Å². The molecule has 19 heavy (non-hydrogen) atoms. The Bertz CT molecular complexity index is 415. The van der Waals surface area contributed by atoms with E-state index in [1.165, 1.54) is 6.07 Å². The first-order chi connectivity index (χ1) is 8.85. The van der Waals surface area contributed by atoms with Gasteiger partial charge in [0, 0.05) is 18.3 Å². The monoisotopic (exact) mass is 281 g/mol. The molecule has 1 aromatic rings. The van der Waals surface area contributed by atoms with Gasteiger partial charge >= 0.3 is 12.3 Å². The normalized spacial score (nSPS) is 11.7. The van der Waals surface area contributed by atoms with Gasteiger partial charge in [-0.1, -0.05) is 6.92 Å². The van der Waals surface area contributed by atoms with Gasteiger partial charge in [0.05, 0.1) is 0 Å². The van der Waals surface area contributed by atoms with Crippen LogP contribution in [0.1, 0.15) is 19.0 Å². The maximum absolute atomic E-state index is 12.7. The van der Waals surface area contributed by atoms with Crippen LogP contribution >= 0.6 is 0 Å². The predicted octanol–water partition coefficient (Wildman–Crippen LogP) is 2.89. The van der Waals surface area contributed by atoms with Crippen LogP contribution in [0.4, 0.5) is 23.5 Å². The minimum atomic E-state index is -4.20. The minimum Gasteiger partial charge on any atom is -0.471 e. The Hall–Kier alpha value is -1.60. The number of alkyl halides is 4. The molecule has 0 aliphatic carbocycles. The standard InChI is InChI=1S/C11H15F4N3O/c1-3-4-16-10-17-7(2)5-8(18-10)19-6-11(14,15)9(12)13/h5,9H,3-4,6H2,1-2H3,(H,16,17,18).